The Bertz CT molecular complexity index is 608. The fourth-order valence-electron chi connectivity index (χ4n) is 2.72. The van der Waals surface area contributed by atoms with Crippen LogP contribution in [-0.2, 0) is 14.8 Å². The molecular weight excluding hydrogens is 286 g/mol. The van der Waals surface area contributed by atoms with Gasteiger partial charge in [0.15, 0.2) is 0 Å². The highest BCUT2D eigenvalue weighted by Crippen LogP contribution is 2.26. The molecule has 0 saturated carbocycles. The summed E-state index contributed by atoms with van der Waals surface area (Å²) >= 11 is 0. The van der Waals surface area contributed by atoms with Gasteiger partial charge in [0.25, 0.3) is 10.0 Å². The van der Waals surface area contributed by atoms with Gasteiger partial charge in [0, 0.05) is 13.0 Å². The molecule has 1 aromatic carbocycles. The van der Waals surface area contributed by atoms with Crippen molar-refractivity contribution in [3.8, 4) is 0 Å². The zero-order valence-corrected chi connectivity index (χ0v) is 14.5. The van der Waals surface area contributed by atoms with E-state index < -0.39 is 10.0 Å². The Kier molecular flexibility index (Phi) is 5.56. The molecule has 0 aliphatic rings. The topological polar surface area (TPSA) is 54.5 Å². The van der Waals surface area contributed by atoms with Crippen molar-refractivity contribution < 1.29 is 13.2 Å². The van der Waals surface area contributed by atoms with Gasteiger partial charge in [-0.15, -0.1) is 0 Å². The second kappa shape index (κ2) is 6.60. The first-order valence-corrected chi connectivity index (χ1v) is 8.71. The van der Waals surface area contributed by atoms with Crippen molar-refractivity contribution in [3.63, 3.8) is 0 Å². The Labute approximate surface area is 128 Å². The quantitative estimate of drug-likeness (QED) is 0.839. The molecule has 0 bridgehead atoms. The predicted molar refractivity (Wildman–Crippen MR) is 84.7 cm³/mol. The Hall–Kier alpha value is -1.36. The molecule has 0 atom stereocenters. The van der Waals surface area contributed by atoms with Crippen LogP contribution in [0.4, 0.5) is 0 Å². The molecule has 1 rings (SSSR count). The molecule has 118 valence electrons. The lowest BCUT2D eigenvalue weighted by Gasteiger charge is -2.24. The van der Waals surface area contributed by atoms with Gasteiger partial charge in [0.05, 0.1) is 4.90 Å². The second-order valence-electron chi connectivity index (χ2n) is 5.55. The smallest absolute Gasteiger partial charge is 0.266 e. The Balaban J connectivity index is 3.32. The molecule has 0 spiro atoms. The van der Waals surface area contributed by atoms with Gasteiger partial charge in [0.1, 0.15) is 0 Å². The first-order chi connectivity index (χ1) is 9.66. The van der Waals surface area contributed by atoms with E-state index in [-0.39, 0.29) is 16.7 Å². The number of hydrogen-bond acceptors (Lipinski definition) is 3. The SMILES string of the molecule is CCC(CC)C(=O)N(C)S(=O)(=O)c1c(C)cc(C)cc1C. The van der Waals surface area contributed by atoms with E-state index in [4.69, 9.17) is 0 Å². The molecule has 0 heterocycles. The van der Waals surface area contributed by atoms with Crippen molar-refractivity contribution in [1.82, 2.24) is 4.31 Å². The molecule has 0 N–H and O–H groups in total. The van der Waals surface area contributed by atoms with Gasteiger partial charge < -0.3 is 0 Å². The van der Waals surface area contributed by atoms with E-state index in [0.717, 1.165) is 9.87 Å². The molecule has 0 aliphatic heterocycles. The standard InChI is InChI=1S/C16H25NO3S/c1-7-14(8-2)16(18)17(6)21(19,20)15-12(4)9-11(3)10-13(15)5/h9-10,14H,7-8H2,1-6H3. The Morgan fingerprint density at radius 3 is 1.90 bits per heavy atom. The largest absolute Gasteiger partial charge is 0.274 e. The van der Waals surface area contributed by atoms with Crippen molar-refractivity contribution in [3.05, 3.63) is 28.8 Å². The van der Waals surface area contributed by atoms with Crippen LogP contribution in [0, 0.1) is 26.7 Å². The van der Waals surface area contributed by atoms with Gasteiger partial charge >= 0.3 is 0 Å². The van der Waals surface area contributed by atoms with E-state index in [1.165, 1.54) is 7.05 Å². The van der Waals surface area contributed by atoms with Crippen molar-refractivity contribution in [2.24, 2.45) is 5.92 Å². The van der Waals surface area contributed by atoms with Crippen LogP contribution in [0.5, 0.6) is 0 Å². The third-order valence-electron chi connectivity index (χ3n) is 3.87. The number of amides is 1. The molecule has 0 aliphatic carbocycles. The molecule has 0 radical (unpaired) electrons. The number of carbonyl (C=O) groups is 1. The molecule has 0 saturated heterocycles. The van der Waals surface area contributed by atoms with Crippen LogP contribution in [0.15, 0.2) is 17.0 Å². The number of rotatable bonds is 5. The predicted octanol–water partition coefficient (Wildman–Crippen LogP) is 3.20. The number of nitrogens with zero attached hydrogens (tertiary/aromatic N) is 1. The van der Waals surface area contributed by atoms with Gasteiger partial charge in [-0.2, -0.15) is 0 Å². The summed E-state index contributed by atoms with van der Waals surface area (Å²) in [6, 6.07) is 3.66. The summed E-state index contributed by atoms with van der Waals surface area (Å²) in [6.45, 7) is 9.25. The van der Waals surface area contributed by atoms with Gasteiger partial charge in [-0.1, -0.05) is 31.5 Å². The number of aryl methyl sites for hydroxylation is 3. The van der Waals surface area contributed by atoms with Crippen LogP contribution in [0.3, 0.4) is 0 Å². The molecule has 21 heavy (non-hydrogen) atoms. The molecule has 1 amide bonds. The first kappa shape index (κ1) is 17.7. The van der Waals surface area contributed by atoms with E-state index in [1.54, 1.807) is 13.8 Å². The normalized spacial score (nSPS) is 11.8. The van der Waals surface area contributed by atoms with Crippen molar-refractivity contribution in [2.75, 3.05) is 7.05 Å². The van der Waals surface area contributed by atoms with Crippen molar-refractivity contribution in [2.45, 2.75) is 52.4 Å². The maximum absolute atomic E-state index is 12.8. The van der Waals surface area contributed by atoms with Crippen LogP contribution >= 0.6 is 0 Å². The monoisotopic (exact) mass is 311 g/mol. The maximum atomic E-state index is 12.8. The van der Waals surface area contributed by atoms with Gasteiger partial charge in [-0.3, -0.25) is 4.79 Å². The minimum Gasteiger partial charge on any atom is -0.274 e. The van der Waals surface area contributed by atoms with E-state index in [1.807, 2.05) is 32.9 Å². The molecule has 0 aromatic heterocycles. The molecule has 4 nitrogen and oxygen atoms in total. The van der Waals surface area contributed by atoms with Gasteiger partial charge in [-0.25, -0.2) is 12.7 Å². The maximum Gasteiger partial charge on any atom is 0.266 e. The molecule has 0 unspecified atom stereocenters. The van der Waals surface area contributed by atoms with Crippen LogP contribution in [0.25, 0.3) is 0 Å². The molecule has 5 heteroatoms. The van der Waals surface area contributed by atoms with E-state index in [2.05, 4.69) is 0 Å². The summed E-state index contributed by atoms with van der Waals surface area (Å²) < 4.78 is 26.4. The van der Waals surface area contributed by atoms with Crippen LogP contribution < -0.4 is 0 Å². The summed E-state index contributed by atoms with van der Waals surface area (Å²) in [4.78, 5) is 12.6. The average Bonchev–Trinajstić information content (AvgIpc) is 2.37. The summed E-state index contributed by atoms with van der Waals surface area (Å²) in [7, 11) is -2.44. The fraction of sp³-hybridized carbons (Fsp3) is 0.562. The number of sulfonamides is 1. The van der Waals surface area contributed by atoms with Crippen LogP contribution in [0.1, 0.15) is 43.4 Å². The highest BCUT2D eigenvalue weighted by molar-refractivity contribution is 7.89. The fourth-order valence-corrected chi connectivity index (χ4v) is 4.32. The number of benzene rings is 1. The van der Waals surface area contributed by atoms with Gasteiger partial charge in [0.2, 0.25) is 5.91 Å². The molecule has 0 fully saturated rings. The summed E-state index contributed by atoms with van der Waals surface area (Å²) in [5.74, 6) is -0.588. The highest BCUT2D eigenvalue weighted by atomic mass is 32.2. The minimum atomic E-state index is -3.80. The van der Waals surface area contributed by atoms with E-state index in [9.17, 15) is 13.2 Å². The molecule has 1 aromatic rings. The first-order valence-electron chi connectivity index (χ1n) is 7.27. The molecular formula is C16H25NO3S. The highest BCUT2D eigenvalue weighted by Gasteiger charge is 2.31. The lowest BCUT2D eigenvalue weighted by molar-refractivity contribution is -0.129. The zero-order valence-electron chi connectivity index (χ0n) is 13.7. The average molecular weight is 311 g/mol. The summed E-state index contributed by atoms with van der Waals surface area (Å²) in [5, 5.41) is 0. The van der Waals surface area contributed by atoms with Gasteiger partial charge in [-0.05, 0) is 44.7 Å². The lowest BCUT2D eigenvalue weighted by Crippen LogP contribution is -2.38. The van der Waals surface area contributed by atoms with Crippen LogP contribution in [0.2, 0.25) is 0 Å². The second-order valence-corrected chi connectivity index (χ2v) is 7.46. The minimum absolute atomic E-state index is 0.245. The summed E-state index contributed by atoms with van der Waals surface area (Å²) in [6.07, 6.45) is 1.28. The van der Waals surface area contributed by atoms with Crippen molar-refractivity contribution >= 4 is 15.9 Å². The zero-order chi connectivity index (χ0) is 16.4. The number of hydrogen-bond donors (Lipinski definition) is 0. The van der Waals surface area contributed by atoms with Crippen LogP contribution in [-0.4, -0.2) is 25.7 Å². The van der Waals surface area contributed by atoms with E-state index >= 15 is 0 Å². The lowest BCUT2D eigenvalue weighted by atomic mass is 10.0. The third-order valence-corrected chi connectivity index (χ3v) is 5.93. The van der Waals surface area contributed by atoms with E-state index in [0.29, 0.717) is 24.0 Å². The Morgan fingerprint density at radius 1 is 1.10 bits per heavy atom. The Morgan fingerprint density at radius 2 is 1.52 bits per heavy atom. The number of carbonyl (C=O) groups excluding carboxylic acids is 1. The summed E-state index contributed by atoms with van der Waals surface area (Å²) in [5.41, 5.74) is 2.37. The third kappa shape index (κ3) is 3.46. The van der Waals surface area contributed by atoms with Crippen molar-refractivity contribution in [1.29, 1.82) is 0 Å².